The molecule has 2 aromatic heterocycles. The molecule has 0 bridgehead atoms. The number of aryl methyl sites for hydroxylation is 1. The van der Waals surface area contributed by atoms with E-state index in [0.29, 0.717) is 23.8 Å². The fourth-order valence-electron chi connectivity index (χ4n) is 2.80. The highest BCUT2D eigenvalue weighted by Crippen LogP contribution is 2.33. The molecular formula is C17H15N5O3. The van der Waals surface area contributed by atoms with Gasteiger partial charge >= 0.3 is 0 Å². The Labute approximate surface area is 142 Å². The minimum Gasteiger partial charge on any atom is -0.467 e. The highest BCUT2D eigenvalue weighted by molar-refractivity contribution is 5.77. The van der Waals surface area contributed by atoms with E-state index in [9.17, 15) is 10.1 Å². The van der Waals surface area contributed by atoms with Gasteiger partial charge in [0.25, 0.3) is 5.69 Å². The third-order valence-electron chi connectivity index (χ3n) is 4.03. The third-order valence-corrected chi connectivity index (χ3v) is 4.03. The largest absolute Gasteiger partial charge is 0.467 e. The van der Waals surface area contributed by atoms with Crippen LogP contribution in [0.2, 0.25) is 0 Å². The van der Waals surface area contributed by atoms with Gasteiger partial charge in [0.15, 0.2) is 5.82 Å². The molecule has 4 rings (SSSR count). The summed E-state index contributed by atoms with van der Waals surface area (Å²) in [6, 6.07) is 9.89. The fourth-order valence-corrected chi connectivity index (χ4v) is 2.80. The van der Waals surface area contributed by atoms with Gasteiger partial charge in [-0.15, -0.1) is 0 Å². The van der Waals surface area contributed by atoms with E-state index < -0.39 is 4.92 Å². The first-order valence-electron chi connectivity index (χ1n) is 7.88. The van der Waals surface area contributed by atoms with E-state index in [-0.39, 0.29) is 11.7 Å². The first-order valence-corrected chi connectivity index (χ1v) is 7.88. The van der Waals surface area contributed by atoms with Crippen LogP contribution >= 0.6 is 0 Å². The van der Waals surface area contributed by atoms with Crippen molar-refractivity contribution in [2.45, 2.75) is 19.4 Å². The van der Waals surface area contributed by atoms with Crippen LogP contribution in [0.5, 0.6) is 0 Å². The quantitative estimate of drug-likeness (QED) is 0.578. The van der Waals surface area contributed by atoms with E-state index in [2.05, 4.69) is 15.4 Å². The number of nitrogens with zero attached hydrogens (tertiary/aromatic N) is 4. The number of non-ortho nitro benzene ring substituents is 1. The summed E-state index contributed by atoms with van der Waals surface area (Å²) in [5, 5.41) is 18.8. The highest BCUT2D eigenvalue weighted by atomic mass is 16.6. The summed E-state index contributed by atoms with van der Waals surface area (Å²) in [5.41, 5.74) is 1.47. The monoisotopic (exact) mass is 337 g/mol. The molecule has 0 aliphatic carbocycles. The molecule has 0 fully saturated rings. The second-order valence-electron chi connectivity index (χ2n) is 5.62. The van der Waals surface area contributed by atoms with Crippen molar-refractivity contribution in [3.63, 3.8) is 0 Å². The Bertz CT molecular complexity index is 959. The van der Waals surface area contributed by atoms with Crippen LogP contribution in [-0.2, 0) is 6.42 Å². The zero-order valence-electron chi connectivity index (χ0n) is 13.4. The number of rotatable bonds is 4. The molecule has 1 aromatic carbocycles. The Morgan fingerprint density at radius 2 is 2.24 bits per heavy atom. The molecule has 3 aromatic rings. The smallest absolute Gasteiger partial charge is 0.270 e. The number of fused-ring (bicyclic) bond motifs is 1. The van der Waals surface area contributed by atoms with Crippen LogP contribution in [0, 0.1) is 10.1 Å². The maximum absolute atomic E-state index is 11.1. The molecule has 0 saturated carbocycles. The van der Waals surface area contributed by atoms with Gasteiger partial charge in [0.1, 0.15) is 11.8 Å². The summed E-state index contributed by atoms with van der Waals surface area (Å²) in [6.45, 7) is 1.98. The van der Waals surface area contributed by atoms with Crippen molar-refractivity contribution < 1.29 is 9.34 Å². The van der Waals surface area contributed by atoms with Gasteiger partial charge in [0.2, 0.25) is 5.95 Å². The van der Waals surface area contributed by atoms with Gasteiger partial charge < -0.3 is 9.73 Å². The molecule has 0 radical (unpaired) electrons. The SMILES string of the molecule is CCc1nc2n(n1)[C@H](c1ccco1)C=C(c1cccc([N+](=O)[O-])c1)N2. The second kappa shape index (κ2) is 5.90. The third kappa shape index (κ3) is 2.67. The number of hydrogen-bond acceptors (Lipinski definition) is 6. The van der Waals surface area contributed by atoms with Crippen molar-refractivity contribution in [1.82, 2.24) is 14.8 Å². The lowest BCUT2D eigenvalue weighted by Crippen LogP contribution is -2.20. The maximum Gasteiger partial charge on any atom is 0.270 e. The lowest BCUT2D eigenvalue weighted by molar-refractivity contribution is -0.384. The molecule has 0 saturated heterocycles. The van der Waals surface area contributed by atoms with Crippen LogP contribution in [0.1, 0.15) is 30.1 Å². The average Bonchev–Trinajstić information content (AvgIpc) is 3.30. The number of benzene rings is 1. The number of nitro benzene ring substituents is 1. The molecular weight excluding hydrogens is 322 g/mol. The summed E-state index contributed by atoms with van der Waals surface area (Å²) in [7, 11) is 0. The standard InChI is InChI=1S/C17H15N5O3/c1-2-16-19-17-18-13(11-5-3-6-12(9-11)22(23)24)10-14(21(17)20-16)15-7-4-8-25-15/h3-10,14H,2H2,1H3,(H,18,19,20)/t14-/m0/s1. The number of anilines is 1. The molecule has 8 nitrogen and oxygen atoms in total. The normalized spacial score (nSPS) is 16.0. The van der Waals surface area contributed by atoms with Gasteiger partial charge in [0.05, 0.1) is 11.2 Å². The minimum atomic E-state index is -0.408. The zero-order valence-corrected chi connectivity index (χ0v) is 13.4. The topological polar surface area (TPSA) is 99.0 Å². The summed E-state index contributed by atoms with van der Waals surface area (Å²) in [5.74, 6) is 2.02. The van der Waals surface area contributed by atoms with Crippen LogP contribution in [-0.4, -0.2) is 19.7 Å². The summed E-state index contributed by atoms with van der Waals surface area (Å²) < 4.78 is 7.31. The van der Waals surface area contributed by atoms with Gasteiger partial charge in [-0.25, -0.2) is 4.68 Å². The van der Waals surface area contributed by atoms with Crippen molar-refractivity contribution >= 4 is 17.3 Å². The number of nitro groups is 1. The van der Waals surface area contributed by atoms with Gasteiger partial charge in [-0.05, 0) is 18.2 Å². The lowest BCUT2D eigenvalue weighted by atomic mass is 10.1. The molecule has 3 heterocycles. The molecule has 126 valence electrons. The highest BCUT2D eigenvalue weighted by Gasteiger charge is 2.27. The predicted molar refractivity (Wildman–Crippen MR) is 90.9 cm³/mol. The first kappa shape index (κ1) is 15.1. The molecule has 1 aliphatic heterocycles. The molecule has 25 heavy (non-hydrogen) atoms. The predicted octanol–water partition coefficient (Wildman–Crippen LogP) is 3.40. The van der Waals surface area contributed by atoms with E-state index in [4.69, 9.17) is 4.42 Å². The van der Waals surface area contributed by atoms with E-state index in [0.717, 1.165) is 11.5 Å². The lowest BCUT2D eigenvalue weighted by Gasteiger charge is -2.22. The van der Waals surface area contributed by atoms with Crippen LogP contribution in [0.3, 0.4) is 0 Å². The molecule has 1 atom stereocenters. The number of hydrogen-bond donors (Lipinski definition) is 1. The van der Waals surface area contributed by atoms with Crippen LogP contribution in [0.4, 0.5) is 11.6 Å². The Kier molecular flexibility index (Phi) is 3.57. The molecule has 1 N–H and O–H groups in total. The van der Waals surface area contributed by atoms with Gasteiger partial charge in [0, 0.05) is 29.8 Å². The number of nitrogens with one attached hydrogen (secondary N) is 1. The van der Waals surface area contributed by atoms with Gasteiger partial charge in [-0.2, -0.15) is 10.1 Å². The molecule has 1 aliphatic rings. The van der Waals surface area contributed by atoms with E-state index >= 15 is 0 Å². The first-order chi connectivity index (χ1) is 12.2. The van der Waals surface area contributed by atoms with Crippen molar-refractivity contribution in [1.29, 1.82) is 0 Å². The van der Waals surface area contributed by atoms with Crippen LogP contribution in [0.25, 0.3) is 5.70 Å². The van der Waals surface area contributed by atoms with Crippen LogP contribution in [0.15, 0.2) is 53.2 Å². The van der Waals surface area contributed by atoms with Crippen molar-refractivity contribution in [3.8, 4) is 0 Å². The Balaban J connectivity index is 1.81. The van der Waals surface area contributed by atoms with E-state index in [1.165, 1.54) is 12.1 Å². The van der Waals surface area contributed by atoms with Crippen LogP contribution < -0.4 is 5.32 Å². The number of furan rings is 1. The second-order valence-corrected chi connectivity index (χ2v) is 5.62. The average molecular weight is 337 g/mol. The number of allylic oxidation sites excluding steroid dienone is 1. The summed E-state index contributed by atoms with van der Waals surface area (Å²) in [6.07, 6.45) is 4.24. The molecule has 0 amide bonds. The van der Waals surface area contributed by atoms with E-state index in [1.807, 2.05) is 31.2 Å². The van der Waals surface area contributed by atoms with Crippen molar-refractivity contribution in [2.24, 2.45) is 0 Å². The van der Waals surface area contributed by atoms with E-state index in [1.54, 1.807) is 17.0 Å². The van der Waals surface area contributed by atoms with Gasteiger partial charge in [-0.3, -0.25) is 10.1 Å². The zero-order chi connectivity index (χ0) is 17.4. The maximum atomic E-state index is 11.1. The molecule has 8 heteroatoms. The Morgan fingerprint density at radius 3 is 2.96 bits per heavy atom. The minimum absolute atomic E-state index is 0.0380. The fraction of sp³-hybridized carbons (Fsp3) is 0.176. The molecule has 0 unspecified atom stereocenters. The van der Waals surface area contributed by atoms with Crippen molar-refractivity contribution in [3.05, 3.63) is 76.0 Å². The van der Waals surface area contributed by atoms with Gasteiger partial charge in [-0.1, -0.05) is 19.1 Å². The Morgan fingerprint density at radius 1 is 1.36 bits per heavy atom. The molecule has 0 spiro atoms. The summed E-state index contributed by atoms with van der Waals surface area (Å²) in [4.78, 5) is 15.1. The Hall–Kier alpha value is -3.42. The van der Waals surface area contributed by atoms with Crippen molar-refractivity contribution in [2.75, 3.05) is 5.32 Å². The summed E-state index contributed by atoms with van der Waals surface area (Å²) >= 11 is 0. The number of aromatic nitrogens is 3.